The molecule has 1 aromatic rings. The Balaban J connectivity index is 2.32. The second-order valence-corrected chi connectivity index (χ2v) is 3.37. The quantitative estimate of drug-likeness (QED) is 0.761. The van der Waals surface area contributed by atoms with Crippen LogP contribution in [-0.4, -0.2) is 26.1 Å². The average Bonchev–Trinajstić information content (AvgIpc) is 2.82. The Morgan fingerprint density at radius 1 is 1.35 bits per heavy atom. The lowest BCUT2D eigenvalue weighted by atomic mass is 10.1. The first-order chi connectivity index (χ1) is 8.20. The van der Waals surface area contributed by atoms with Crippen LogP contribution in [0.15, 0.2) is 18.2 Å². The third kappa shape index (κ3) is 2.78. The molecule has 0 unspecified atom stereocenters. The fraction of sp³-hybridized carbons (Fsp3) is 0.364. The van der Waals surface area contributed by atoms with Gasteiger partial charge in [-0.3, -0.25) is 4.79 Å². The highest BCUT2D eigenvalue weighted by atomic mass is 19.3. The maximum absolute atomic E-state index is 12.2. The van der Waals surface area contributed by atoms with Crippen molar-refractivity contribution < 1.29 is 27.8 Å². The topological polar surface area (TPSA) is 44.8 Å². The summed E-state index contributed by atoms with van der Waals surface area (Å²) >= 11 is 0. The lowest BCUT2D eigenvalue weighted by molar-refractivity contribution is -0.0659. The van der Waals surface area contributed by atoms with E-state index in [2.05, 4.69) is 4.74 Å². The number of hydrogen-bond donors (Lipinski definition) is 0. The Morgan fingerprint density at radius 2 is 2.06 bits per heavy atom. The highest BCUT2D eigenvalue weighted by Crippen LogP contribution is 2.32. The summed E-state index contributed by atoms with van der Waals surface area (Å²) in [5.41, 5.74) is 0.646. The van der Waals surface area contributed by atoms with Crippen molar-refractivity contribution in [3.63, 3.8) is 0 Å². The molecule has 0 bridgehead atoms. The van der Waals surface area contributed by atoms with Gasteiger partial charge in [-0.25, -0.2) is 0 Å². The zero-order valence-corrected chi connectivity index (χ0v) is 8.77. The normalized spacial score (nSPS) is 16.4. The van der Waals surface area contributed by atoms with Gasteiger partial charge in [0.05, 0.1) is 18.8 Å². The van der Waals surface area contributed by atoms with E-state index in [-0.39, 0.29) is 5.75 Å². The molecule has 0 saturated carbocycles. The van der Waals surface area contributed by atoms with Gasteiger partial charge in [-0.15, -0.1) is 0 Å². The van der Waals surface area contributed by atoms with Gasteiger partial charge in [-0.1, -0.05) is 0 Å². The molecule has 1 aromatic carbocycles. The Kier molecular flexibility index (Phi) is 3.65. The molecule has 1 fully saturated rings. The van der Waals surface area contributed by atoms with Crippen LogP contribution in [0.4, 0.5) is 8.78 Å². The predicted octanol–water partition coefficient (Wildman–Crippen LogP) is 2.15. The third-order valence-corrected chi connectivity index (χ3v) is 2.26. The van der Waals surface area contributed by atoms with Gasteiger partial charge < -0.3 is 14.2 Å². The van der Waals surface area contributed by atoms with Crippen LogP contribution < -0.4 is 4.74 Å². The Labute approximate surface area is 96.1 Å². The van der Waals surface area contributed by atoms with E-state index in [4.69, 9.17) is 9.47 Å². The lowest BCUT2D eigenvalue weighted by Gasteiger charge is -2.15. The van der Waals surface area contributed by atoms with E-state index in [1.54, 1.807) is 0 Å². The lowest BCUT2D eigenvalue weighted by Crippen LogP contribution is -2.08. The van der Waals surface area contributed by atoms with Crippen LogP contribution in [-0.2, 0) is 9.47 Å². The van der Waals surface area contributed by atoms with Gasteiger partial charge in [0.25, 0.3) is 0 Å². The third-order valence-electron chi connectivity index (χ3n) is 2.26. The summed E-state index contributed by atoms with van der Waals surface area (Å²) in [5.74, 6) is -0.0440. The van der Waals surface area contributed by atoms with Gasteiger partial charge in [0.15, 0.2) is 6.29 Å². The summed E-state index contributed by atoms with van der Waals surface area (Å²) in [5, 5.41) is 0. The van der Waals surface area contributed by atoms with Crippen LogP contribution in [0, 0.1) is 0 Å². The molecule has 17 heavy (non-hydrogen) atoms. The Hall–Kier alpha value is -1.53. The highest BCUT2D eigenvalue weighted by Gasteiger charge is 2.23. The summed E-state index contributed by atoms with van der Waals surface area (Å²) in [6, 6.07) is 4.11. The van der Waals surface area contributed by atoms with Crippen LogP contribution in [0.25, 0.3) is 0 Å². The smallest absolute Gasteiger partial charge is 0.387 e. The first-order valence-electron chi connectivity index (χ1n) is 4.98. The van der Waals surface area contributed by atoms with Crippen molar-refractivity contribution in [3.8, 4) is 5.75 Å². The number of benzene rings is 1. The van der Waals surface area contributed by atoms with Crippen LogP contribution in [0.1, 0.15) is 22.2 Å². The zero-order valence-electron chi connectivity index (χ0n) is 8.77. The van der Waals surface area contributed by atoms with Crippen molar-refractivity contribution in [2.45, 2.75) is 12.9 Å². The van der Waals surface area contributed by atoms with Gasteiger partial charge >= 0.3 is 6.61 Å². The molecule has 1 saturated heterocycles. The maximum atomic E-state index is 12.2. The van der Waals surface area contributed by atoms with Crippen LogP contribution >= 0.6 is 0 Å². The predicted molar refractivity (Wildman–Crippen MR) is 53.1 cm³/mol. The van der Waals surface area contributed by atoms with E-state index < -0.39 is 12.9 Å². The molecule has 0 spiro atoms. The van der Waals surface area contributed by atoms with E-state index >= 15 is 0 Å². The second kappa shape index (κ2) is 5.20. The summed E-state index contributed by atoms with van der Waals surface area (Å²) in [6.07, 6.45) is -0.145. The molecule has 4 nitrogen and oxygen atoms in total. The molecule has 2 rings (SSSR count). The number of carbonyl (C=O) groups is 1. The maximum Gasteiger partial charge on any atom is 0.387 e. The molecule has 1 aliphatic heterocycles. The number of hydrogen-bond acceptors (Lipinski definition) is 4. The van der Waals surface area contributed by atoms with E-state index in [1.807, 2.05) is 0 Å². The molecule has 1 heterocycles. The van der Waals surface area contributed by atoms with Gasteiger partial charge in [0, 0.05) is 5.56 Å². The molecule has 0 amide bonds. The van der Waals surface area contributed by atoms with E-state index in [0.29, 0.717) is 30.6 Å². The molecule has 0 atom stereocenters. The van der Waals surface area contributed by atoms with Crippen LogP contribution in [0.5, 0.6) is 5.75 Å². The molecular weight excluding hydrogens is 234 g/mol. The first-order valence-corrected chi connectivity index (χ1v) is 4.98. The first kappa shape index (κ1) is 11.9. The van der Waals surface area contributed by atoms with Crippen molar-refractivity contribution in [1.82, 2.24) is 0 Å². The monoisotopic (exact) mass is 244 g/mol. The average molecular weight is 244 g/mol. The fourth-order valence-electron chi connectivity index (χ4n) is 1.57. The second-order valence-electron chi connectivity index (χ2n) is 3.37. The fourth-order valence-corrected chi connectivity index (χ4v) is 1.57. The Morgan fingerprint density at radius 3 is 2.65 bits per heavy atom. The molecule has 92 valence electrons. The van der Waals surface area contributed by atoms with E-state index in [0.717, 1.165) is 0 Å². The molecule has 6 heteroatoms. The number of aldehydes is 1. The van der Waals surface area contributed by atoms with Crippen LogP contribution in [0.2, 0.25) is 0 Å². The highest BCUT2D eigenvalue weighted by molar-refractivity contribution is 5.75. The SMILES string of the molecule is O=Cc1ccc(OC(F)F)c(C2OCCO2)c1. The number of carbonyl (C=O) groups excluding carboxylic acids is 1. The van der Waals surface area contributed by atoms with Crippen molar-refractivity contribution in [2.75, 3.05) is 13.2 Å². The minimum atomic E-state index is -2.93. The van der Waals surface area contributed by atoms with Gasteiger partial charge in [-0.05, 0) is 18.2 Å². The number of halogens is 2. The number of alkyl halides is 2. The molecule has 0 radical (unpaired) electrons. The summed E-state index contributed by atoms with van der Waals surface area (Å²) < 4.78 is 39.1. The van der Waals surface area contributed by atoms with Crippen molar-refractivity contribution in [2.24, 2.45) is 0 Å². The summed E-state index contributed by atoms with van der Waals surface area (Å²) in [7, 11) is 0. The van der Waals surface area contributed by atoms with Crippen molar-refractivity contribution in [1.29, 1.82) is 0 Å². The summed E-state index contributed by atoms with van der Waals surface area (Å²) in [4.78, 5) is 10.6. The molecule has 0 aliphatic carbocycles. The van der Waals surface area contributed by atoms with Gasteiger partial charge in [0.1, 0.15) is 12.0 Å². The molecular formula is C11H10F2O4. The van der Waals surface area contributed by atoms with E-state index in [1.165, 1.54) is 18.2 Å². The standard InChI is InChI=1S/C11H10F2O4/c12-11(13)17-9-2-1-7(6-14)5-8(9)10-15-3-4-16-10/h1-2,5-6,10-11H,3-4H2. The molecule has 0 N–H and O–H groups in total. The largest absolute Gasteiger partial charge is 0.434 e. The van der Waals surface area contributed by atoms with E-state index in [9.17, 15) is 13.6 Å². The minimum absolute atomic E-state index is 0.0440. The minimum Gasteiger partial charge on any atom is -0.434 e. The Bertz CT molecular complexity index is 402. The van der Waals surface area contributed by atoms with Crippen molar-refractivity contribution >= 4 is 6.29 Å². The van der Waals surface area contributed by atoms with Gasteiger partial charge in [-0.2, -0.15) is 8.78 Å². The molecule has 1 aliphatic rings. The summed E-state index contributed by atoms with van der Waals surface area (Å²) in [6.45, 7) is -2.17. The number of ether oxygens (including phenoxy) is 3. The van der Waals surface area contributed by atoms with Crippen LogP contribution in [0.3, 0.4) is 0 Å². The zero-order chi connectivity index (χ0) is 12.3. The molecule has 0 aromatic heterocycles. The van der Waals surface area contributed by atoms with Gasteiger partial charge in [0.2, 0.25) is 0 Å². The number of rotatable bonds is 4. The van der Waals surface area contributed by atoms with Crippen molar-refractivity contribution in [3.05, 3.63) is 29.3 Å².